The first-order valence-corrected chi connectivity index (χ1v) is 7.76. The van der Waals surface area contributed by atoms with Crippen LogP contribution in [0, 0.1) is 17.1 Å². The highest BCUT2D eigenvalue weighted by atomic mass is 19.1. The molecule has 0 amide bonds. The van der Waals surface area contributed by atoms with Crippen molar-refractivity contribution in [2.75, 3.05) is 5.73 Å². The number of anilines is 1. The number of benzene rings is 1. The molecule has 0 aliphatic carbocycles. The van der Waals surface area contributed by atoms with Gasteiger partial charge in [-0.1, -0.05) is 12.1 Å². The van der Waals surface area contributed by atoms with Crippen LogP contribution in [0.2, 0.25) is 0 Å². The predicted octanol–water partition coefficient (Wildman–Crippen LogP) is 2.53. The lowest BCUT2D eigenvalue weighted by Crippen LogP contribution is -2.04. The Labute approximate surface area is 147 Å². The van der Waals surface area contributed by atoms with E-state index in [9.17, 15) is 4.39 Å². The lowest BCUT2D eigenvalue weighted by molar-refractivity contribution is 0.591. The highest BCUT2D eigenvalue weighted by Gasteiger charge is 2.15. The van der Waals surface area contributed by atoms with Gasteiger partial charge in [-0.25, -0.2) is 9.37 Å². The first-order valence-electron chi connectivity index (χ1n) is 7.76. The number of hydrogen-bond acceptors (Lipinski definition) is 6. The topological polar surface area (TPSA) is 106 Å². The minimum Gasteiger partial charge on any atom is -0.382 e. The van der Waals surface area contributed by atoms with Crippen molar-refractivity contribution in [3.63, 3.8) is 0 Å². The number of hydrogen-bond donors (Lipinski definition) is 1. The van der Waals surface area contributed by atoms with Gasteiger partial charge in [-0.3, -0.25) is 4.98 Å². The molecule has 26 heavy (non-hydrogen) atoms. The zero-order chi connectivity index (χ0) is 18.1. The molecule has 8 heteroatoms. The molecule has 2 N–H and O–H groups in total. The molecule has 0 saturated carbocycles. The van der Waals surface area contributed by atoms with E-state index in [4.69, 9.17) is 11.0 Å². The maximum absolute atomic E-state index is 14.4. The molecule has 7 nitrogen and oxygen atoms in total. The third-order valence-corrected chi connectivity index (χ3v) is 3.86. The second-order valence-electron chi connectivity index (χ2n) is 5.59. The number of nitriles is 1. The summed E-state index contributed by atoms with van der Waals surface area (Å²) in [5.74, 6) is -0.492. The molecular formula is C18H12FN7. The van der Waals surface area contributed by atoms with Gasteiger partial charge < -0.3 is 5.73 Å². The number of nitrogens with zero attached hydrogens (tertiary/aromatic N) is 6. The standard InChI is InChI=1S/C18H12FN7/c19-16-11(9-20)4-3-6-13(16)14-8-15-17(18(21)23-14)25-26(24-15)10-12-5-1-2-7-22-12/h1-8H,10H2,(H2,21,23). The number of nitrogens with two attached hydrogens (primary N) is 1. The summed E-state index contributed by atoms with van der Waals surface area (Å²) in [7, 11) is 0. The van der Waals surface area contributed by atoms with Crippen LogP contribution < -0.4 is 5.73 Å². The molecule has 0 fully saturated rings. The molecule has 3 heterocycles. The smallest absolute Gasteiger partial charge is 0.155 e. The lowest BCUT2D eigenvalue weighted by Gasteiger charge is -2.04. The summed E-state index contributed by atoms with van der Waals surface area (Å²) in [5, 5.41) is 17.7. The van der Waals surface area contributed by atoms with Crippen molar-refractivity contribution in [1.29, 1.82) is 5.26 Å². The average molecular weight is 345 g/mol. The summed E-state index contributed by atoms with van der Waals surface area (Å²) in [6.45, 7) is 0.378. The summed E-state index contributed by atoms with van der Waals surface area (Å²) in [5.41, 5.74) is 8.15. The number of aromatic nitrogens is 5. The first kappa shape index (κ1) is 15.7. The fraction of sp³-hybridized carbons (Fsp3) is 0.0556. The first-order chi connectivity index (χ1) is 12.7. The van der Waals surface area contributed by atoms with E-state index in [0.717, 1.165) is 5.69 Å². The number of nitrogen functional groups attached to an aromatic ring is 1. The van der Waals surface area contributed by atoms with E-state index in [0.29, 0.717) is 23.3 Å². The van der Waals surface area contributed by atoms with Gasteiger partial charge in [0.25, 0.3) is 0 Å². The van der Waals surface area contributed by atoms with Gasteiger partial charge in [-0.05, 0) is 30.3 Å². The Hall–Kier alpha value is -3.86. The van der Waals surface area contributed by atoms with Gasteiger partial charge in [-0.15, -0.1) is 5.10 Å². The molecule has 3 aromatic heterocycles. The van der Waals surface area contributed by atoms with E-state index < -0.39 is 5.82 Å². The van der Waals surface area contributed by atoms with Crippen LogP contribution in [-0.4, -0.2) is 25.0 Å². The van der Waals surface area contributed by atoms with Gasteiger partial charge in [0, 0.05) is 11.8 Å². The normalized spacial score (nSPS) is 10.8. The van der Waals surface area contributed by atoms with E-state index >= 15 is 0 Å². The van der Waals surface area contributed by atoms with Crippen LogP contribution in [0.1, 0.15) is 11.3 Å². The summed E-state index contributed by atoms with van der Waals surface area (Å²) in [4.78, 5) is 9.93. The molecule has 0 unspecified atom stereocenters. The van der Waals surface area contributed by atoms with E-state index in [2.05, 4.69) is 20.2 Å². The zero-order valence-corrected chi connectivity index (χ0v) is 13.5. The third kappa shape index (κ3) is 2.71. The number of rotatable bonds is 3. The Morgan fingerprint density at radius 3 is 2.81 bits per heavy atom. The summed E-state index contributed by atoms with van der Waals surface area (Å²) >= 11 is 0. The SMILES string of the molecule is N#Cc1cccc(-c2cc3nn(Cc4ccccn4)nc3c(N)n2)c1F. The van der Waals surface area contributed by atoms with Gasteiger partial charge >= 0.3 is 0 Å². The number of halogens is 1. The fourth-order valence-corrected chi connectivity index (χ4v) is 2.65. The third-order valence-electron chi connectivity index (χ3n) is 3.86. The summed E-state index contributed by atoms with van der Waals surface area (Å²) in [6.07, 6.45) is 1.69. The second kappa shape index (κ2) is 6.22. The monoisotopic (exact) mass is 345 g/mol. The Balaban J connectivity index is 1.79. The lowest BCUT2D eigenvalue weighted by atomic mass is 10.1. The van der Waals surface area contributed by atoms with Crippen molar-refractivity contribution in [3.05, 3.63) is 65.7 Å². The molecule has 0 spiro atoms. The van der Waals surface area contributed by atoms with Gasteiger partial charge in [0.15, 0.2) is 11.3 Å². The highest BCUT2D eigenvalue weighted by Crippen LogP contribution is 2.27. The quantitative estimate of drug-likeness (QED) is 0.611. The van der Waals surface area contributed by atoms with E-state index in [1.807, 2.05) is 24.3 Å². The van der Waals surface area contributed by atoms with Crippen LogP contribution in [0.25, 0.3) is 22.3 Å². The Morgan fingerprint density at radius 2 is 2.04 bits per heavy atom. The Morgan fingerprint density at radius 1 is 1.15 bits per heavy atom. The van der Waals surface area contributed by atoms with Crippen LogP contribution in [0.15, 0.2) is 48.7 Å². The van der Waals surface area contributed by atoms with E-state index in [-0.39, 0.29) is 16.9 Å². The molecule has 4 aromatic rings. The average Bonchev–Trinajstić information content (AvgIpc) is 3.06. The van der Waals surface area contributed by atoms with Gasteiger partial charge in [0.1, 0.15) is 23.9 Å². The Bertz CT molecular complexity index is 1150. The van der Waals surface area contributed by atoms with E-state index in [1.165, 1.54) is 10.9 Å². The van der Waals surface area contributed by atoms with Crippen molar-refractivity contribution >= 4 is 16.9 Å². The maximum Gasteiger partial charge on any atom is 0.155 e. The molecule has 1 aromatic carbocycles. The minimum absolute atomic E-state index is 0.0539. The Kier molecular flexibility index (Phi) is 3.74. The highest BCUT2D eigenvalue weighted by molar-refractivity contribution is 5.87. The van der Waals surface area contributed by atoms with Crippen molar-refractivity contribution in [2.24, 2.45) is 0 Å². The molecule has 0 aliphatic rings. The van der Waals surface area contributed by atoms with Crippen LogP contribution in [0.4, 0.5) is 10.2 Å². The molecule has 0 atom stereocenters. The number of fused-ring (bicyclic) bond motifs is 1. The van der Waals surface area contributed by atoms with Gasteiger partial charge in [0.05, 0.1) is 17.0 Å². The summed E-state index contributed by atoms with van der Waals surface area (Å²) < 4.78 is 14.4. The van der Waals surface area contributed by atoms with Crippen molar-refractivity contribution in [3.8, 4) is 17.3 Å². The maximum atomic E-state index is 14.4. The molecule has 0 saturated heterocycles. The molecule has 126 valence electrons. The van der Waals surface area contributed by atoms with Crippen molar-refractivity contribution in [2.45, 2.75) is 6.54 Å². The molecule has 0 radical (unpaired) electrons. The van der Waals surface area contributed by atoms with E-state index in [1.54, 1.807) is 24.4 Å². The fourth-order valence-electron chi connectivity index (χ4n) is 2.65. The molecular weight excluding hydrogens is 333 g/mol. The molecule has 0 aliphatic heterocycles. The molecule has 0 bridgehead atoms. The number of pyridine rings is 2. The summed E-state index contributed by atoms with van der Waals surface area (Å²) in [6, 6.07) is 13.5. The van der Waals surface area contributed by atoms with Crippen molar-refractivity contribution < 1.29 is 4.39 Å². The zero-order valence-electron chi connectivity index (χ0n) is 13.5. The van der Waals surface area contributed by atoms with Crippen molar-refractivity contribution in [1.82, 2.24) is 25.0 Å². The van der Waals surface area contributed by atoms with Gasteiger partial charge in [0.2, 0.25) is 0 Å². The minimum atomic E-state index is -0.637. The predicted molar refractivity (Wildman–Crippen MR) is 93.2 cm³/mol. The van der Waals surface area contributed by atoms with Crippen LogP contribution in [0.5, 0.6) is 0 Å². The molecule has 4 rings (SSSR count). The van der Waals surface area contributed by atoms with Crippen LogP contribution >= 0.6 is 0 Å². The van der Waals surface area contributed by atoms with Crippen LogP contribution in [-0.2, 0) is 6.54 Å². The van der Waals surface area contributed by atoms with Crippen LogP contribution in [0.3, 0.4) is 0 Å². The van der Waals surface area contributed by atoms with Gasteiger partial charge in [-0.2, -0.15) is 15.2 Å². The largest absolute Gasteiger partial charge is 0.382 e. The second-order valence-corrected chi connectivity index (χ2v) is 5.59.